The van der Waals surface area contributed by atoms with Crippen LogP contribution in [-0.4, -0.2) is 52.2 Å². The molecule has 1 fully saturated rings. The molecule has 4 heterocycles. The van der Waals surface area contributed by atoms with Crippen LogP contribution in [0.15, 0.2) is 66.7 Å². The first-order valence-electron chi connectivity index (χ1n) is 12.5. The third-order valence-electron chi connectivity index (χ3n) is 6.82. The highest BCUT2D eigenvalue weighted by Gasteiger charge is 2.33. The van der Waals surface area contributed by atoms with Crippen molar-refractivity contribution < 1.29 is 14.3 Å². The maximum Gasteiger partial charge on any atom is 0.226 e. The van der Waals surface area contributed by atoms with Crippen molar-refractivity contribution >= 4 is 17.5 Å². The number of anilines is 2. The van der Waals surface area contributed by atoms with E-state index in [0.717, 1.165) is 47.0 Å². The molecule has 6 rings (SSSR count). The number of nitrogens with one attached hydrogen (secondary N) is 1. The Morgan fingerprint density at radius 1 is 0.973 bits per heavy atom. The standard InChI is InChI=1S/C28H28N6O3/c1-19-27-23(21-7-9-22(10-8-21)37-18-20-5-3-2-4-6-20)17-26(35)29-28(27)34(32-19)25-12-11-24(30-31-25)33-13-15-36-16-14-33/h2-12,23H,13-18H2,1H3,(H,29,35). The van der Waals surface area contributed by atoms with E-state index in [0.29, 0.717) is 37.9 Å². The van der Waals surface area contributed by atoms with Gasteiger partial charge in [0.15, 0.2) is 11.6 Å². The minimum Gasteiger partial charge on any atom is -0.489 e. The molecular formula is C28H28N6O3. The number of rotatable bonds is 6. The van der Waals surface area contributed by atoms with Crippen molar-refractivity contribution in [2.75, 3.05) is 36.5 Å². The molecule has 2 aliphatic rings. The largest absolute Gasteiger partial charge is 0.489 e. The van der Waals surface area contributed by atoms with E-state index in [1.54, 1.807) is 4.68 Å². The predicted molar refractivity (Wildman–Crippen MR) is 139 cm³/mol. The summed E-state index contributed by atoms with van der Waals surface area (Å²) in [6, 6.07) is 21.9. The highest BCUT2D eigenvalue weighted by Crippen LogP contribution is 2.40. The zero-order chi connectivity index (χ0) is 25.2. The van der Waals surface area contributed by atoms with E-state index < -0.39 is 0 Å². The van der Waals surface area contributed by atoms with Crippen LogP contribution < -0.4 is 15.0 Å². The van der Waals surface area contributed by atoms with Gasteiger partial charge in [0.05, 0.1) is 18.9 Å². The minimum atomic E-state index is -0.110. The summed E-state index contributed by atoms with van der Waals surface area (Å²) in [6.07, 6.45) is 0.353. The number of fused-ring (bicyclic) bond motifs is 1. The SMILES string of the molecule is Cc1nn(-c2ccc(N3CCOCC3)nn2)c2c1C(c1ccc(OCc3ccccc3)cc1)CC(=O)N2. The van der Waals surface area contributed by atoms with Crippen LogP contribution in [-0.2, 0) is 16.1 Å². The van der Waals surface area contributed by atoms with Crippen LogP contribution in [0.5, 0.6) is 5.75 Å². The fourth-order valence-electron chi connectivity index (χ4n) is 4.93. The molecule has 0 aliphatic carbocycles. The molecule has 2 aromatic heterocycles. The number of nitrogens with zero attached hydrogens (tertiary/aromatic N) is 5. The van der Waals surface area contributed by atoms with Crippen molar-refractivity contribution in [2.24, 2.45) is 0 Å². The van der Waals surface area contributed by atoms with E-state index in [1.165, 1.54) is 0 Å². The monoisotopic (exact) mass is 496 g/mol. The molecule has 37 heavy (non-hydrogen) atoms. The third kappa shape index (κ3) is 4.77. The molecule has 4 aromatic rings. The summed E-state index contributed by atoms with van der Waals surface area (Å²) in [4.78, 5) is 14.9. The highest BCUT2D eigenvalue weighted by molar-refractivity contribution is 5.95. The molecule has 9 nitrogen and oxygen atoms in total. The van der Waals surface area contributed by atoms with Gasteiger partial charge in [0.2, 0.25) is 5.91 Å². The van der Waals surface area contributed by atoms with E-state index in [2.05, 4.69) is 20.4 Å². The molecule has 0 radical (unpaired) electrons. The quantitative estimate of drug-likeness (QED) is 0.433. The number of aryl methyl sites for hydroxylation is 1. The van der Waals surface area contributed by atoms with Crippen molar-refractivity contribution in [1.29, 1.82) is 0 Å². The summed E-state index contributed by atoms with van der Waals surface area (Å²) in [6.45, 7) is 5.42. The lowest BCUT2D eigenvalue weighted by molar-refractivity contribution is -0.116. The van der Waals surface area contributed by atoms with Crippen LogP contribution in [0, 0.1) is 6.92 Å². The Morgan fingerprint density at radius 3 is 2.43 bits per heavy atom. The zero-order valence-corrected chi connectivity index (χ0v) is 20.6. The summed E-state index contributed by atoms with van der Waals surface area (Å²) in [5.74, 6) is 2.64. The van der Waals surface area contributed by atoms with Gasteiger partial charge in [-0.1, -0.05) is 42.5 Å². The van der Waals surface area contributed by atoms with E-state index in [-0.39, 0.29) is 11.8 Å². The number of hydrogen-bond acceptors (Lipinski definition) is 7. The van der Waals surface area contributed by atoms with Gasteiger partial charge >= 0.3 is 0 Å². The summed E-state index contributed by atoms with van der Waals surface area (Å²) in [7, 11) is 0. The summed E-state index contributed by atoms with van der Waals surface area (Å²) in [5, 5.41) is 16.6. The molecule has 0 spiro atoms. The van der Waals surface area contributed by atoms with Crippen LogP contribution in [0.3, 0.4) is 0 Å². The minimum absolute atomic E-state index is 0.0547. The third-order valence-corrected chi connectivity index (χ3v) is 6.82. The molecule has 0 saturated carbocycles. The molecule has 1 saturated heterocycles. The summed E-state index contributed by atoms with van der Waals surface area (Å²) in [5.41, 5.74) is 4.00. The topological polar surface area (TPSA) is 94.4 Å². The highest BCUT2D eigenvalue weighted by atomic mass is 16.5. The van der Waals surface area contributed by atoms with Crippen LogP contribution in [0.25, 0.3) is 5.82 Å². The van der Waals surface area contributed by atoms with Crippen LogP contribution in [0.4, 0.5) is 11.6 Å². The Kier molecular flexibility index (Phi) is 6.28. The number of carbonyl (C=O) groups is 1. The number of morpholine rings is 1. The molecule has 1 amide bonds. The number of hydrogen-bond donors (Lipinski definition) is 1. The Balaban J connectivity index is 1.24. The number of aromatic nitrogens is 4. The van der Waals surface area contributed by atoms with E-state index in [9.17, 15) is 4.79 Å². The van der Waals surface area contributed by atoms with Crippen LogP contribution >= 0.6 is 0 Å². The lowest BCUT2D eigenvalue weighted by Gasteiger charge is -2.27. The number of amides is 1. The van der Waals surface area contributed by atoms with E-state index in [1.807, 2.05) is 73.7 Å². The first-order chi connectivity index (χ1) is 18.2. The van der Waals surface area contributed by atoms with Gasteiger partial charge < -0.3 is 19.7 Å². The van der Waals surface area contributed by atoms with Gasteiger partial charge in [0, 0.05) is 31.0 Å². The Morgan fingerprint density at radius 2 is 1.70 bits per heavy atom. The maximum atomic E-state index is 12.8. The maximum absolute atomic E-state index is 12.8. The molecule has 2 aliphatic heterocycles. The first-order valence-corrected chi connectivity index (χ1v) is 12.5. The zero-order valence-electron chi connectivity index (χ0n) is 20.6. The average Bonchev–Trinajstić information content (AvgIpc) is 3.28. The van der Waals surface area contributed by atoms with Crippen molar-refractivity contribution in [3.05, 3.63) is 89.1 Å². The molecule has 1 N–H and O–H groups in total. The molecule has 2 aromatic carbocycles. The second kappa shape index (κ2) is 10.0. The molecule has 1 unspecified atom stereocenters. The van der Waals surface area contributed by atoms with Crippen molar-refractivity contribution in [3.8, 4) is 11.6 Å². The second-order valence-corrected chi connectivity index (χ2v) is 9.26. The van der Waals surface area contributed by atoms with Gasteiger partial charge in [0.25, 0.3) is 0 Å². The molecule has 188 valence electrons. The van der Waals surface area contributed by atoms with Crippen molar-refractivity contribution in [1.82, 2.24) is 20.0 Å². The van der Waals surface area contributed by atoms with E-state index >= 15 is 0 Å². The molecular weight excluding hydrogens is 468 g/mol. The molecule has 9 heteroatoms. The van der Waals surface area contributed by atoms with E-state index in [4.69, 9.17) is 14.6 Å². The number of benzene rings is 2. The van der Waals surface area contributed by atoms with Crippen molar-refractivity contribution in [2.45, 2.75) is 25.9 Å². The predicted octanol–water partition coefficient (Wildman–Crippen LogP) is 3.86. The number of carbonyl (C=O) groups excluding carboxylic acids is 1. The fourth-order valence-corrected chi connectivity index (χ4v) is 4.93. The van der Waals surface area contributed by atoms with Gasteiger partial charge in [-0.2, -0.15) is 9.78 Å². The Hall–Kier alpha value is -4.24. The van der Waals surface area contributed by atoms with Gasteiger partial charge in [-0.15, -0.1) is 10.2 Å². The lowest BCUT2D eigenvalue weighted by Crippen LogP contribution is -2.36. The summed E-state index contributed by atoms with van der Waals surface area (Å²) >= 11 is 0. The Bertz CT molecular complexity index is 1380. The smallest absolute Gasteiger partial charge is 0.226 e. The van der Waals surface area contributed by atoms with Gasteiger partial charge in [-0.05, 0) is 42.3 Å². The molecule has 0 bridgehead atoms. The van der Waals surface area contributed by atoms with Gasteiger partial charge in [-0.25, -0.2) is 0 Å². The van der Waals surface area contributed by atoms with Crippen LogP contribution in [0.2, 0.25) is 0 Å². The lowest BCUT2D eigenvalue weighted by atomic mass is 9.86. The van der Waals surface area contributed by atoms with Gasteiger partial charge in [0.1, 0.15) is 18.2 Å². The average molecular weight is 497 g/mol. The fraction of sp³-hybridized carbons (Fsp3) is 0.286. The van der Waals surface area contributed by atoms with Crippen LogP contribution in [0.1, 0.15) is 34.7 Å². The van der Waals surface area contributed by atoms with Crippen molar-refractivity contribution in [3.63, 3.8) is 0 Å². The normalized spacial score (nSPS) is 17.3. The Labute approximate surface area is 215 Å². The molecule has 1 atom stereocenters. The summed E-state index contributed by atoms with van der Waals surface area (Å²) < 4.78 is 13.0. The van der Waals surface area contributed by atoms with Gasteiger partial charge in [-0.3, -0.25) is 4.79 Å². The number of ether oxygens (including phenoxy) is 2. The second-order valence-electron chi connectivity index (χ2n) is 9.26. The first kappa shape index (κ1) is 23.2.